The van der Waals surface area contributed by atoms with Crippen molar-refractivity contribution in [1.29, 1.82) is 0 Å². The summed E-state index contributed by atoms with van der Waals surface area (Å²) in [5, 5.41) is 7.04. The number of nitrogens with zero attached hydrogens (tertiary/aromatic N) is 3. The third-order valence-corrected chi connectivity index (χ3v) is 4.79. The zero-order valence-corrected chi connectivity index (χ0v) is 17.5. The van der Waals surface area contributed by atoms with Crippen molar-refractivity contribution < 1.29 is 4.74 Å². The van der Waals surface area contributed by atoms with E-state index in [4.69, 9.17) is 9.73 Å². The van der Waals surface area contributed by atoms with E-state index in [1.165, 1.54) is 0 Å². The third-order valence-electron chi connectivity index (χ3n) is 4.79. The van der Waals surface area contributed by atoms with Crippen LogP contribution in [0.2, 0.25) is 0 Å². The Morgan fingerprint density at radius 3 is 2.52 bits per heavy atom. The van der Waals surface area contributed by atoms with Crippen LogP contribution in [0, 0.1) is 5.92 Å². The van der Waals surface area contributed by atoms with Crippen molar-refractivity contribution in [2.45, 2.75) is 59.2 Å². The van der Waals surface area contributed by atoms with Crippen LogP contribution in [-0.4, -0.2) is 87.4 Å². The van der Waals surface area contributed by atoms with Crippen molar-refractivity contribution in [2.24, 2.45) is 10.9 Å². The van der Waals surface area contributed by atoms with Gasteiger partial charge in [0.2, 0.25) is 0 Å². The maximum absolute atomic E-state index is 5.86. The molecule has 0 aromatic heterocycles. The summed E-state index contributed by atoms with van der Waals surface area (Å²) in [7, 11) is 4.19. The number of nitrogens with one attached hydrogen (secondary N) is 2. The lowest BCUT2D eigenvalue weighted by Gasteiger charge is -2.23. The molecule has 0 aliphatic carbocycles. The topological polar surface area (TPSA) is 52.1 Å². The van der Waals surface area contributed by atoms with Gasteiger partial charge in [0, 0.05) is 44.9 Å². The molecule has 1 saturated heterocycles. The molecule has 0 radical (unpaired) electrons. The highest BCUT2D eigenvalue weighted by Crippen LogP contribution is 2.18. The standard InChI is InChI=1S/C19H41N5O/c1-8-20-19(21-12-17(25-9-2)10-11-23(6)7)22-18-14-24(15(3)4)13-16(18)5/h15-18H,8-14H2,1-7H3,(H2,20,21,22). The van der Waals surface area contributed by atoms with Crippen LogP contribution in [0.5, 0.6) is 0 Å². The first-order chi connectivity index (χ1) is 11.9. The molecule has 0 saturated carbocycles. The predicted molar refractivity (Wildman–Crippen MR) is 107 cm³/mol. The molecule has 25 heavy (non-hydrogen) atoms. The summed E-state index contributed by atoms with van der Waals surface area (Å²) in [5.41, 5.74) is 0. The van der Waals surface area contributed by atoms with Crippen molar-refractivity contribution in [3.05, 3.63) is 0 Å². The van der Waals surface area contributed by atoms with Crippen LogP contribution in [0.4, 0.5) is 0 Å². The maximum Gasteiger partial charge on any atom is 0.191 e. The molecule has 3 unspecified atom stereocenters. The van der Waals surface area contributed by atoms with Gasteiger partial charge < -0.3 is 20.3 Å². The van der Waals surface area contributed by atoms with E-state index >= 15 is 0 Å². The Morgan fingerprint density at radius 1 is 1.28 bits per heavy atom. The molecule has 6 heteroatoms. The fraction of sp³-hybridized carbons (Fsp3) is 0.947. The van der Waals surface area contributed by atoms with Crippen LogP contribution in [-0.2, 0) is 4.74 Å². The van der Waals surface area contributed by atoms with Gasteiger partial charge in [0.1, 0.15) is 0 Å². The lowest BCUT2D eigenvalue weighted by molar-refractivity contribution is 0.0582. The Balaban J connectivity index is 2.62. The highest BCUT2D eigenvalue weighted by Gasteiger charge is 2.31. The van der Waals surface area contributed by atoms with Crippen molar-refractivity contribution in [1.82, 2.24) is 20.4 Å². The SMILES string of the molecule is CCNC(=NCC(CCN(C)C)OCC)NC1CN(C(C)C)CC1C. The highest BCUT2D eigenvalue weighted by atomic mass is 16.5. The van der Waals surface area contributed by atoms with E-state index in [9.17, 15) is 0 Å². The van der Waals surface area contributed by atoms with E-state index < -0.39 is 0 Å². The average Bonchev–Trinajstić information content (AvgIpc) is 2.91. The van der Waals surface area contributed by atoms with Crippen LogP contribution in [0.25, 0.3) is 0 Å². The van der Waals surface area contributed by atoms with E-state index in [1.807, 2.05) is 0 Å². The quantitative estimate of drug-likeness (QED) is 0.461. The molecule has 0 amide bonds. The molecule has 2 N–H and O–H groups in total. The van der Waals surface area contributed by atoms with Gasteiger partial charge >= 0.3 is 0 Å². The highest BCUT2D eigenvalue weighted by molar-refractivity contribution is 5.80. The van der Waals surface area contributed by atoms with Crippen molar-refractivity contribution in [3.8, 4) is 0 Å². The first kappa shape index (κ1) is 22.2. The normalized spacial score (nSPS) is 23.5. The van der Waals surface area contributed by atoms with E-state index in [1.54, 1.807) is 0 Å². The van der Waals surface area contributed by atoms with Crippen LogP contribution >= 0.6 is 0 Å². The van der Waals surface area contributed by atoms with Gasteiger partial charge in [0.05, 0.1) is 12.6 Å². The first-order valence-electron chi connectivity index (χ1n) is 9.92. The van der Waals surface area contributed by atoms with E-state index in [-0.39, 0.29) is 6.10 Å². The fourth-order valence-corrected chi connectivity index (χ4v) is 3.17. The molecule has 1 rings (SSSR count). The summed E-state index contributed by atoms with van der Waals surface area (Å²) in [4.78, 5) is 9.54. The molecule has 6 nitrogen and oxygen atoms in total. The Morgan fingerprint density at radius 2 is 2.00 bits per heavy atom. The Labute approximate surface area is 155 Å². The van der Waals surface area contributed by atoms with Crippen LogP contribution in [0.1, 0.15) is 41.0 Å². The maximum atomic E-state index is 5.86. The number of guanidine groups is 1. The Kier molecular flexibility index (Phi) is 10.4. The first-order valence-corrected chi connectivity index (χ1v) is 9.92. The van der Waals surface area contributed by atoms with E-state index in [2.05, 4.69) is 69.1 Å². The molecule has 0 spiro atoms. The molecule has 1 aliphatic rings. The number of aliphatic imine (C=N–C) groups is 1. The average molecular weight is 356 g/mol. The number of hydrogen-bond acceptors (Lipinski definition) is 4. The van der Waals surface area contributed by atoms with Crippen LogP contribution in [0.3, 0.4) is 0 Å². The van der Waals surface area contributed by atoms with Gasteiger partial charge in [-0.25, -0.2) is 0 Å². The largest absolute Gasteiger partial charge is 0.377 e. The lowest BCUT2D eigenvalue weighted by atomic mass is 10.1. The van der Waals surface area contributed by atoms with Crippen LogP contribution in [0.15, 0.2) is 4.99 Å². The molecule has 3 atom stereocenters. The molecule has 1 aliphatic heterocycles. The second kappa shape index (κ2) is 11.7. The van der Waals surface area contributed by atoms with Gasteiger partial charge in [-0.3, -0.25) is 9.89 Å². The second-order valence-corrected chi connectivity index (χ2v) is 7.66. The Hall–Kier alpha value is -0.850. The third kappa shape index (κ3) is 8.38. The van der Waals surface area contributed by atoms with Gasteiger partial charge in [0.25, 0.3) is 0 Å². The van der Waals surface area contributed by atoms with Crippen molar-refractivity contribution in [3.63, 3.8) is 0 Å². The number of likely N-dealkylation sites (tertiary alicyclic amines) is 1. The molecule has 0 aromatic rings. The summed E-state index contributed by atoms with van der Waals surface area (Å²) < 4.78 is 5.86. The lowest BCUT2D eigenvalue weighted by Crippen LogP contribution is -2.47. The number of hydrogen-bond donors (Lipinski definition) is 2. The molecule has 1 fully saturated rings. The number of rotatable bonds is 10. The minimum atomic E-state index is 0.177. The zero-order valence-electron chi connectivity index (χ0n) is 17.5. The summed E-state index contributed by atoms with van der Waals surface area (Å²) in [5.74, 6) is 1.54. The van der Waals surface area contributed by atoms with Gasteiger partial charge in [-0.15, -0.1) is 0 Å². The Bertz CT molecular complexity index is 386. The molecular formula is C19H41N5O. The van der Waals surface area contributed by atoms with Gasteiger partial charge in [-0.05, 0) is 54.1 Å². The van der Waals surface area contributed by atoms with Gasteiger partial charge in [-0.1, -0.05) is 6.92 Å². The monoisotopic (exact) mass is 355 g/mol. The fourth-order valence-electron chi connectivity index (χ4n) is 3.17. The van der Waals surface area contributed by atoms with Crippen molar-refractivity contribution in [2.75, 3.05) is 53.4 Å². The predicted octanol–water partition coefficient (Wildman–Crippen LogP) is 1.63. The van der Waals surface area contributed by atoms with Gasteiger partial charge in [-0.2, -0.15) is 0 Å². The summed E-state index contributed by atoms with van der Waals surface area (Å²) in [6, 6.07) is 1.05. The number of ether oxygens (including phenoxy) is 1. The smallest absolute Gasteiger partial charge is 0.191 e. The molecule has 148 valence electrons. The summed E-state index contributed by atoms with van der Waals surface area (Å²) >= 11 is 0. The summed E-state index contributed by atoms with van der Waals surface area (Å²) in [6.07, 6.45) is 1.18. The second-order valence-electron chi connectivity index (χ2n) is 7.66. The van der Waals surface area contributed by atoms with Crippen LogP contribution < -0.4 is 10.6 Å². The minimum absolute atomic E-state index is 0.177. The molecule has 0 bridgehead atoms. The van der Waals surface area contributed by atoms with Crippen molar-refractivity contribution >= 4 is 5.96 Å². The van der Waals surface area contributed by atoms with E-state index in [0.717, 1.165) is 45.2 Å². The molecule has 1 heterocycles. The summed E-state index contributed by atoms with van der Waals surface area (Å²) in [6.45, 7) is 16.6. The molecular weight excluding hydrogens is 314 g/mol. The van der Waals surface area contributed by atoms with Gasteiger partial charge in [0.15, 0.2) is 5.96 Å². The zero-order chi connectivity index (χ0) is 18.8. The molecule has 0 aromatic carbocycles. The minimum Gasteiger partial charge on any atom is -0.377 e. The van der Waals surface area contributed by atoms with E-state index in [0.29, 0.717) is 24.5 Å².